The van der Waals surface area contributed by atoms with E-state index in [-0.39, 0.29) is 5.91 Å². The van der Waals surface area contributed by atoms with Crippen molar-refractivity contribution in [3.63, 3.8) is 0 Å². The molecule has 0 aliphatic carbocycles. The summed E-state index contributed by atoms with van der Waals surface area (Å²) in [6.07, 6.45) is 0. The smallest absolute Gasteiger partial charge is 0.278 e. The highest BCUT2D eigenvalue weighted by molar-refractivity contribution is 9.11. The van der Waals surface area contributed by atoms with Crippen molar-refractivity contribution in [2.24, 2.45) is 0 Å². The Morgan fingerprint density at radius 2 is 2.28 bits per heavy atom. The standard InChI is InChI=1S/C10H11BrN4O2S/c1-5(16)14-10(2,3)9-13-8(17-15-9)6-7(11)18-4-12-6/h4H,1-3H3,(H,14,16). The second kappa shape index (κ2) is 4.77. The van der Waals surface area contributed by atoms with Crippen LogP contribution < -0.4 is 5.32 Å². The monoisotopic (exact) mass is 330 g/mol. The maximum Gasteiger partial charge on any atom is 0.278 e. The van der Waals surface area contributed by atoms with Gasteiger partial charge in [-0.1, -0.05) is 5.16 Å². The highest BCUT2D eigenvalue weighted by Crippen LogP contribution is 2.30. The Morgan fingerprint density at radius 3 is 2.83 bits per heavy atom. The molecule has 18 heavy (non-hydrogen) atoms. The van der Waals surface area contributed by atoms with Crippen molar-refractivity contribution < 1.29 is 9.32 Å². The van der Waals surface area contributed by atoms with E-state index in [2.05, 4.69) is 36.4 Å². The van der Waals surface area contributed by atoms with Crippen molar-refractivity contribution in [2.75, 3.05) is 0 Å². The highest BCUT2D eigenvalue weighted by Gasteiger charge is 2.28. The molecule has 8 heteroatoms. The van der Waals surface area contributed by atoms with Gasteiger partial charge in [0.25, 0.3) is 5.89 Å². The Labute approximate surface area is 116 Å². The van der Waals surface area contributed by atoms with Crippen molar-refractivity contribution in [3.8, 4) is 11.6 Å². The second-order valence-corrected chi connectivity index (χ2v) is 6.38. The number of aromatic nitrogens is 3. The zero-order valence-electron chi connectivity index (χ0n) is 10.0. The number of thiazole rings is 1. The van der Waals surface area contributed by atoms with E-state index in [4.69, 9.17) is 4.52 Å². The van der Waals surface area contributed by atoms with Gasteiger partial charge >= 0.3 is 0 Å². The molecule has 0 radical (unpaired) electrons. The maximum atomic E-state index is 11.1. The van der Waals surface area contributed by atoms with E-state index in [0.717, 1.165) is 3.79 Å². The van der Waals surface area contributed by atoms with Crippen molar-refractivity contribution in [2.45, 2.75) is 26.3 Å². The topological polar surface area (TPSA) is 80.9 Å². The first-order valence-corrected chi connectivity index (χ1v) is 6.79. The fourth-order valence-electron chi connectivity index (χ4n) is 1.44. The van der Waals surface area contributed by atoms with Crippen LogP contribution in [0.4, 0.5) is 0 Å². The quantitative estimate of drug-likeness (QED) is 0.933. The Morgan fingerprint density at radius 1 is 1.56 bits per heavy atom. The lowest BCUT2D eigenvalue weighted by Crippen LogP contribution is -2.40. The lowest BCUT2D eigenvalue weighted by molar-refractivity contribution is -0.120. The molecule has 0 saturated carbocycles. The first kappa shape index (κ1) is 13.2. The molecule has 6 nitrogen and oxygen atoms in total. The molecule has 2 aromatic rings. The number of carbonyl (C=O) groups excluding carboxylic acids is 1. The van der Waals surface area contributed by atoms with E-state index < -0.39 is 5.54 Å². The van der Waals surface area contributed by atoms with Crippen molar-refractivity contribution in [1.82, 2.24) is 20.4 Å². The summed E-state index contributed by atoms with van der Waals surface area (Å²) in [6.45, 7) is 5.05. The number of nitrogens with one attached hydrogen (secondary N) is 1. The van der Waals surface area contributed by atoms with Crippen LogP contribution in [0.2, 0.25) is 0 Å². The van der Waals surface area contributed by atoms with E-state index in [1.807, 2.05) is 0 Å². The van der Waals surface area contributed by atoms with Crippen LogP contribution in [0.15, 0.2) is 13.8 Å². The van der Waals surface area contributed by atoms with Gasteiger partial charge in [-0.15, -0.1) is 11.3 Å². The molecule has 0 aliphatic rings. The Kier molecular flexibility index (Phi) is 3.49. The number of rotatable bonds is 3. The van der Waals surface area contributed by atoms with Gasteiger partial charge in [0, 0.05) is 6.92 Å². The fourth-order valence-corrected chi connectivity index (χ4v) is 2.47. The lowest BCUT2D eigenvalue weighted by atomic mass is 10.1. The van der Waals surface area contributed by atoms with Crippen LogP contribution >= 0.6 is 27.3 Å². The van der Waals surface area contributed by atoms with Crippen molar-refractivity contribution >= 4 is 33.2 Å². The Bertz CT molecular complexity index is 578. The molecule has 0 saturated heterocycles. The van der Waals surface area contributed by atoms with Crippen LogP contribution in [-0.2, 0) is 10.3 Å². The van der Waals surface area contributed by atoms with Gasteiger partial charge in [-0.3, -0.25) is 4.79 Å². The summed E-state index contributed by atoms with van der Waals surface area (Å²) in [5.41, 5.74) is 1.61. The largest absolute Gasteiger partial charge is 0.344 e. The molecule has 0 atom stereocenters. The first-order valence-electron chi connectivity index (χ1n) is 5.12. The van der Waals surface area contributed by atoms with Gasteiger partial charge < -0.3 is 9.84 Å². The Hall–Kier alpha value is -1.28. The molecule has 2 aromatic heterocycles. The molecule has 1 amide bonds. The summed E-state index contributed by atoms with van der Waals surface area (Å²) in [4.78, 5) is 19.5. The van der Waals surface area contributed by atoms with E-state index in [9.17, 15) is 4.79 Å². The van der Waals surface area contributed by atoms with Gasteiger partial charge in [-0.05, 0) is 29.8 Å². The predicted molar refractivity (Wildman–Crippen MR) is 69.9 cm³/mol. The van der Waals surface area contributed by atoms with Crippen molar-refractivity contribution in [3.05, 3.63) is 15.1 Å². The normalized spacial score (nSPS) is 11.6. The molecule has 1 N–H and O–H groups in total. The number of hydrogen-bond acceptors (Lipinski definition) is 6. The van der Waals surface area contributed by atoms with E-state index in [1.54, 1.807) is 19.4 Å². The zero-order chi connectivity index (χ0) is 13.3. The summed E-state index contributed by atoms with van der Waals surface area (Å²) in [7, 11) is 0. The minimum absolute atomic E-state index is 0.152. The molecule has 0 unspecified atom stereocenters. The maximum absolute atomic E-state index is 11.1. The molecular formula is C10H11BrN4O2S. The summed E-state index contributed by atoms with van der Waals surface area (Å²) in [5, 5.41) is 6.64. The summed E-state index contributed by atoms with van der Waals surface area (Å²) in [5.74, 6) is 0.588. The van der Waals surface area contributed by atoms with Crippen LogP contribution in [0, 0.1) is 0 Å². The number of hydrogen-bond donors (Lipinski definition) is 1. The Balaban J connectivity index is 2.31. The average Bonchev–Trinajstić information content (AvgIpc) is 2.83. The molecule has 0 aliphatic heterocycles. The molecule has 0 spiro atoms. The minimum Gasteiger partial charge on any atom is -0.344 e. The summed E-state index contributed by atoms with van der Waals surface area (Å²) in [6, 6.07) is 0. The van der Waals surface area contributed by atoms with Gasteiger partial charge in [-0.25, -0.2) is 4.98 Å². The van der Waals surface area contributed by atoms with Gasteiger partial charge in [0.15, 0.2) is 11.5 Å². The number of nitrogens with zero attached hydrogens (tertiary/aromatic N) is 3. The number of carbonyl (C=O) groups is 1. The van der Waals surface area contributed by atoms with Crippen LogP contribution in [0.5, 0.6) is 0 Å². The third-order valence-corrected chi connectivity index (χ3v) is 3.75. The number of amides is 1. The van der Waals surface area contributed by atoms with Gasteiger partial charge in [0.2, 0.25) is 5.91 Å². The van der Waals surface area contributed by atoms with Crippen LogP contribution in [0.1, 0.15) is 26.6 Å². The van der Waals surface area contributed by atoms with Crippen LogP contribution in [0.3, 0.4) is 0 Å². The van der Waals surface area contributed by atoms with Crippen molar-refractivity contribution in [1.29, 1.82) is 0 Å². The minimum atomic E-state index is -0.684. The van der Waals surface area contributed by atoms with Gasteiger partial charge in [0.1, 0.15) is 3.79 Å². The lowest BCUT2D eigenvalue weighted by Gasteiger charge is -2.20. The average molecular weight is 331 g/mol. The summed E-state index contributed by atoms with van der Waals surface area (Å²) < 4.78 is 5.99. The number of halogens is 1. The second-order valence-electron chi connectivity index (χ2n) is 4.20. The molecule has 2 heterocycles. The summed E-state index contributed by atoms with van der Waals surface area (Å²) >= 11 is 4.80. The molecular weight excluding hydrogens is 320 g/mol. The van der Waals surface area contributed by atoms with Crippen LogP contribution in [-0.4, -0.2) is 21.0 Å². The SMILES string of the molecule is CC(=O)NC(C)(C)c1noc(-c2ncsc2Br)n1. The van der Waals surface area contributed by atoms with Gasteiger partial charge in [-0.2, -0.15) is 4.98 Å². The molecule has 96 valence electrons. The fraction of sp³-hybridized carbons (Fsp3) is 0.400. The third kappa shape index (κ3) is 2.59. The first-order chi connectivity index (χ1) is 8.40. The van der Waals surface area contributed by atoms with E-state index in [0.29, 0.717) is 17.4 Å². The van der Waals surface area contributed by atoms with Crippen LogP contribution in [0.25, 0.3) is 11.6 Å². The van der Waals surface area contributed by atoms with Gasteiger partial charge in [0.05, 0.1) is 11.0 Å². The van der Waals surface area contributed by atoms with E-state index >= 15 is 0 Å². The molecule has 0 aromatic carbocycles. The van der Waals surface area contributed by atoms with E-state index in [1.165, 1.54) is 18.3 Å². The molecule has 0 bridgehead atoms. The zero-order valence-corrected chi connectivity index (χ0v) is 12.4. The molecule has 2 rings (SSSR count). The highest BCUT2D eigenvalue weighted by atomic mass is 79.9. The predicted octanol–water partition coefficient (Wildman–Crippen LogP) is 2.33. The third-order valence-electron chi connectivity index (χ3n) is 2.20. The molecule has 0 fully saturated rings.